The molecule has 4 rings (SSSR count). The summed E-state index contributed by atoms with van der Waals surface area (Å²) in [7, 11) is 0. The lowest BCUT2D eigenvalue weighted by atomic mass is 9.97. The van der Waals surface area contributed by atoms with Crippen molar-refractivity contribution < 1.29 is 4.79 Å². The molecule has 0 aliphatic carbocycles. The quantitative estimate of drug-likeness (QED) is 0.591. The summed E-state index contributed by atoms with van der Waals surface area (Å²) in [4.78, 5) is 19.2. The average Bonchev–Trinajstić information content (AvgIpc) is 3.15. The summed E-state index contributed by atoms with van der Waals surface area (Å²) in [6.07, 6.45) is 5.18. The van der Waals surface area contributed by atoms with Crippen molar-refractivity contribution in [2.75, 3.05) is 26.2 Å². The molecule has 7 heteroatoms. The Morgan fingerprint density at radius 1 is 1.07 bits per heavy atom. The highest BCUT2D eigenvalue weighted by molar-refractivity contribution is 7.10. The third-order valence-corrected chi connectivity index (χ3v) is 7.37. The summed E-state index contributed by atoms with van der Waals surface area (Å²) in [5.41, 5.74) is 2.27. The second-order valence-corrected chi connectivity index (χ2v) is 9.25. The zero-order valence-electron chi connectivity index (χ0n) is 15.7. The van der Waals surface area contributed by atoms with E-state index in [1.54, 1.807) is 12.1 Å². The molecule has 1 aromatic carbocycles. The summed E-state index contributed by atoms with van der Waals surface area (Å²) < 4.78 is 0. The van der Waals surface area contributed by atoms with Crippen molar-refractivity contribution in [3.05, 3.63) is 55.7 Å². The predicted octanol–water partition coefficient (Wildman–Crippen LogP) is 5.63. The summed E-state index contributed by atoms with van der Waals surface area (Å²) in [5, 5.41) is 3.20. The number of rotatable bonds is 4. The highest BCUT2D eigenvalue weighted by Crippen LogP contribution is 2.35. The van der Waals surface area contributed by atoms with Crippen molar-refractivity contribution in [1.82, 2.24) is 9.80 Å². The topological polar surface area (TPSA) is 23.6 Å². The molecule has 1 aromatic heterocycles. The highest BCUT2D eigenvalue weighted by atomic mass is 35.5. The summed E-state index contributed by atoms with van der Waals surface area (Å²) in [6, 6.07) is 7.85. The molecule has 1 unspecified atom stereocenters. The number of benzene rings is 1. The van der Waals surface area contributed by atoms with E-state index in [4.69, 9.17) is 23.2 Å². The van der Waals surface area contributed by atoms with Crippen LogP contribution in [0.3, 0.4) is 0 Å². The van der Waals surface area contributed by atoms with E-state index in [1.807, 2.05) is 17.4 Å². The van der Waals surface area contributed by atoms with Crippen molar-refractivity contribution in [1.29, 1.82) is 0 Å². The molecule has 3 heterocycles. The van der Waals surface area contributed by atoms with Crippen LogP contribution in [0.4, 0.5) is 0 Å². The molecule has 0 radical (unpaired) electrons. The van der Waals surface area contributed by atoms with E-state index in [1.165, 1.54) is 29.7 Å². The van der Waals surface area contributed by atoms with E-state index in [0.717, 1.165) is 38.2 Å². The molecule has 152 valence electrons. The number of hydrogen-bond donors (Lipinski definition) is 0. The van der Waals surface area contributed by atoms with Crippen LogP contribution in [-0.4, -0.2) is 41.9 Å². The van der Waals surface area contributed by atoms with E-state index < -0.39 is 0 Å². The SMILES string of the molecule is Cl.O=C(Cc1ccc(Cl)c(Cl)c1)N1CCc2sccc2C1CN1CCCCC1. The first kappa shape index (κ1) is 21.9. The number of hydrogen-bond acceptors (Lipinski definition) is 3. The second kappa shape index (κ2) is 9.82. The van der Waals surface area contributed by atoms with E-state index in [-0.39, 0.29) is 24.4 Å². The number of thiophene rings is 1. The molecule has 1 fully saturated rings. The smallest absolute Gasteiger partial charge is 0.227 e. The molecular formula is C21H25Cl3N2OS. The summed E-state index contributed by atoms with van der Waals surface area (Å²) >= 11 is 14.0. The molecule has 0 bridgehead atoms. The Hall–Kier alpha value is -0.780. The number of carbonyl (C=O) groups excluding carboxylic acids is 1. The minimum absolute atomic E-state index is 0. The van der Waals surface area contributed by atoms with Crippen LogP contribution in [0, 0.1) is 0 Å². The number of likely N-dealkylation sites (tertiary alicyclic amines) is 1. The van der Waals surface area contributed by atoms with Crippen LogP contribution < -0.4 is 0 Å². The maximum atomic E-state index is 13.2. The monoisotopic (exact) mass is 458 g/mol. The lowest BCUT2D eigenvalue weighted by Crippen LogP contribution is -2.46. The first-order valence-electron chi connectivity index (χ1n) is 9.64. The van der Waals surface area contributed by atoms with Gasteiger partial charge in [0.25, 0.3) is 0 Å². The number of halogens is 3. The lowest BCUT2D eigenvalue weighted by Gasteiger charge is -2.40. The molecule has 1 saturated heterocycles. The van der Waals surface area contributed by atoms with Gasteiger partial charge in [-0.2, -0.15) is 0 Å². The number of carbonyl (C=O) groups is 1. The molecular weight excluding hydrogens is 435 g/mol. The average molecular weight is 460 g/mol. The van der Waals surface area contributed by atoms with E-state index in [0.29, 0.717) is 16.5 Å². The fraction of sp³-hybridized carbons (Fsp3) is 0.476. The first-order chi connectivity index (χ1) is 13.1. The minimum atomic E-state index is 0. The van der Waals surface area contributed by atoms with Gasteiger partial charge in [-0.05, 0) is 67.1 Å². The fourth-order valence-corrected chi connectivity index (χ4v) is 5.45. The normalized spacial score (nSPS) is 19.8. The van der Waals surface area contributed by atoms with E-state index in [9.17, 15) is 4.79 Å². The van der Waals surface area contributed by atoms with Crippen molar-refractivity contribution >= 4 is 52.9 Å². The Labute approximate surface area is 187 Å². The van der Waals surface area contributed by atoms with Gasteiger partial charge in [0, 0.05) is 18.0 Å². The maximum absolute atomic E-state index is 13.2. The van der Waals surface area contributed by atoms with E-state index >= 15 is 0 Å². The number of nitrogens with zero attached hydrogens (tertiary/aromatic N) is 2. The molecule has 2 aliphatic rings. The van der Waals surface area contributed by atoms with Crippen molar-refractivity contribution in [2.24, 2.45) is 0 Å². The van der Waals surface area contributed by atoms with Gasteiger partial charge in [-0.3, -0.25) is 4.79 Å². The van der Waals surface area contributed by atoms with Gasteiger partial charge in [0.2, 0.25) is 5.91 Å². The number of amides is 1. The summed E-state index contributed by atoms with van der Waals surface area (Å²) in [6.45, 7) is 4.03. The first-order valence-corrected chi connectivity index (χ1v) is 11.3. The Morgan fingerprint density at radius 3 is 2.61 bits per heavy atom. The van der Waals surface area contributed by atoms with Crippen molar-refractivity contribution in [3.8, 4) is 0 Å². The molecule has 0 spiro atoms. The Balaban J connectivity index is 0.00000225. The maximum Gasteiger partial charge on any atom is 0.227 e. The molecule has 1 atom stereocenters. The molecule has 2 aliphatic heterocycles. The van der Waals surface area contributed by atoms with Crippen LogP contribution in [0.15, 0.2) is 29.6 Å². The fourth-order valence-electron chi connectivity index (χ4n) is 4.20. The third-order valence-electron chi connectivity index (χ3n) is 5.63. The van der Waals surface area contributed by atoms with Crippen LogP contribution in [0.25, 0.3) is 0 Å². The second-order valence-electron chi connectivity index (χ2n) is 7.44. The van der Waals surface area contributed by atoms with Crippen LogP contribution in [-0.2, 0) is 17.6 Å². The zero-order valence-corrected chi connectivity index (χ0v) is 18.8. The van der Waals surface area contributed by atoms with Gasteiger partial charge in [0.05, 0.1) is 22.5 Å². The van der Waals surface area contributed by atoms with Crippen LogP contribution in [0.5, 0.6) is 0 Å². The Bertz CT molecular complexity index is 820. The number of piperidine rings is 1. The van der Waals surface area contributed by atoms with Gasteiger partial charge >= 0.3 is 0 Å². The predicted molar refractivity (Wildman–Crippen MR) is 120 cm³/mol. The van der Waals surface area contributed by atoms with E-state index in [2.05, 4.69) is 21.2 Å². The molecule has 0 N–H and O–H groups in total. The third kappa shape index (κ3) is 4.85. The van der Waals surface area contributed by atoms with Crippen LogP contribution in [0.1, 0.15) is 41.3 Å². The van der Waals surface area contributed by atoms with Crippen LogP contribution >= 0.6 is 46.9 Å². The molecule has 3 nitrogen and oxygen atoms in total. The molecule has 2 aromatic rings. The molecule has 28 heavy (non-hydrogen) atoms. The summed E-state index contributed by atoms with van der Waals surface area (Å²) in [5.74, 6) is 0.173. The lowest BCUT2D eigenvalue weighted by molar-refractivity contribution is -0.133. The molecule has 0 saturated carbocycles. The van der Waals surface area contributed by atoms with Gasteiger partial charge in [0.15, 0.2) is 0 Å². The molecule has 1 amide bonds. The van der Waals surface area contributed by atoms with Crippen LogP contribution in [0.2, 0.25) is 10.0 Å². The largest absolute Gasteiger partial charge is 0.334 e. The standard InChI is InChI=1S/C21H24Cl2N2OS.ClH/c22-17-5-4-15(12-18(17)23)13-21(26)25-10-6-20-16(7-11-27-20)19(25)14-24-8-2-1-3-9-24;/h4-5,7,11-12,19H,1-3,6,8-10,13-14H2;1H. The Morgan fingerprint density at radius 2 is 1.86 bits per heavy atom. The van der Waals surface area contributed by atoms with Gasteiger partial charge in [-0.25, -0.2) is 0 Å². The van der Waals surface area contributed by atoms with Crippen molar-refractivity contribution in [3.63, 3.8) is 0 Å². The zero-order chi connectivity index (χ0) is 18.8. The van der Waals surface area contributed by atoms with Gasteiger partial charge in [0.1, 0.15) is 0 Å². The number of fused-ring (bicyclic) bond motifs is 1. The van der Waals surface area contributed by atoms with Gasteiger partial charge in [-0.15, -0.1) is 23.7 Å². The Kier molecular flexibility index (Phi) is 7.68. The van der Waals surface area contributed by atoms with Crippen molar-refractivity contribution in [2.45, 2.75) is 38.1 Å². The van der Waals surface area contributed by atoms with Gasteiger partial charge in [-0.1, -0.05) is 35.7 Å². The minimum Gasteiger partial charge on any atom is -0.334 e. The van der Waals surface area contributed by atoms with Gasteiger partial charge < -0.3 is 9.80 Å². The highest BCUT2D eigenvalue weighted by Gasteiger charge is 2.33.